The van der Waals surface area contributed by atoms with Gasteiger partial charge in [0.05, 0.1) is 6.10 Å². The standard InChI is InChI=1S/C16H19BrN2O/c1-19(2)15-8-4-7-14(10-15)18-11-16(20)12-5-3-6-13(17)9-12/h3-10,16,18,20H,11H2,1-2H3. The van der Waals surface area contributed by atoms with Crippen LogP contribution < -0.4 is 10.2 Å². The van der Waals surface area contributed by atoms with Crippen LogP contribution in [0.15, 0.2) is 53.0 Å². The first-order chi connectivity index (χ1) is 9.56. The van der Waals surface area contributed by atoms with Gasteiger partial charge in [0.1, 0.15) is 0 Å². The molecule has 2 rings (SSSR count). The first-order valence-electron chi connectivity index (χ1n) is 6.51. The fourth-order valence-corrected chi connectivity index (χ4v) is 2.36. The van der Waals surface area contributed by atoms with E-state index >= 15 is 0 Å². The molecule has 1 unspecified atom stereocenters. The number of rotatable bonds is 5. The fraction of sp³-hybridized carbons (Fsp3) is 0.250. The summed E-state index contributed by atoms with van der Waals surface area (Å²) in [6.07, 6.45) is -0.532. The first kappa shape index (κ1) is 14.9. The third-order valence-corrected chi connectivity index (χ3v) is 3.59. The highest BCUT2D eigenvalue weighted by atomic mass is 79.9. The second-order valence-corrected chi connectivity index (χ2v) is 5.81. The van der Waals surface area contributed by atoms with E-state index in [9.17, 15) is 5.11 Å². The molecule has 0 fully saturated rings. The second kappa shape index (κ2) is 6.77. The van der Waals surface area contributed by atoms with Gasteiger partial charge in [0.25, 0.3) is 0 Å². The molecule has 20 heavy (non-hydrogen) atoms. The Hall–Kier alpha value is -1.52. The quantitative estimate of drug-likeness (QED) is 0.875. The summed E-state index contributed by atoms with van der Waals surface area (Å²) in [4.78, 5) is 2.05. The lowest BCUT2D eigenvalue weighted by molar-refractivity contribution is 0.191. The number of aliphatic hydroxyl groups is 1. The molecule has 0 saturated carbocycles. The maximum atomic E-state index is 10.2. The van der Waals surface area contributed by atoms with Crippen molar-refractivity contribution in [3.63, 3.8) is 0 Å². The van der Waals surface area contributed by atoms with E-state index in [1.54, 1.807) is 0 Å². The lowest BCUT2D eigenvalue weighted by Gasteiger charge is -2.16. The van der Waals surface area contributed by atoms with Crippen LogP contribution in [-0.4, -0.2) is 25.7 Å². The van der Waals surface area contributed by atoms with E-state index in [2.05, 4.69) is 38.3 Å². The van der Waals surface area contributed by atoms with E-state index in [4.69, 9.17) is 0 Å². The summed E-state index contributed by atoms with van der Waals surface area (Å²) in [6, 6.07) is 15.8. The molecule has 2 aromatic rings. The van der Waals surface area contributed by atoms with Gasteiger partial charge in [-0.3, -0.25) is 0 Å². The molecular weight excluding hydrogens is 316 g/mol. The van der Waals surface area contributed by atoms with Gasteiger partial charge in [-0.25, -0.2) is 0 Å². The Morgan fingerprint density at radius 3 is 2.60 bits per heavy atom. The molecule has 2 aromatic carbocycles. The van der Waals surface area contributed by atoms with Gasteiger partial charge in [-0.2, -0.15) is 0 Å². The Morgan fingerprint density at radius 2 is 1.90 bits per heavy atom. The predicted octanol–water partition coefficient (Wildman–Crippen LogP) is 3.66. The minimum absolute atomic E-state index is 0.479. The summed E-state index contributed by atoms with van der Waals surface area (Å²) in [7, 11) is 4.02. The Bertz CT molecular complexity index is 572. The average Bonchev–Trinajstić information content (AvgIpc) is 2.45. The van der Waals surface area contributed by atoms with Crippen LogP contribution >= 0.6 is 15.9 Å². The highest BCUT2D eigenvalue weighted by Crippen LogP contribution is 2.21. The van der Waals surface area contributed by atoms with Gasteiger partial charge in [0.2, 0.25) is 0 Å². The molecule has 4 heteroatoms. The van der Waals surface area contributed by atoms with Crippen LogP contribution in [0.2, 0.25) is 0 Å². The average molecular weight is 335 g/mol. The summed E-state index contributed by atoms with van der Waals surface area (Å²) in [5.74, 6) is 0. The summed E-state index contributed by atoms with van der Waals surface area (Å²) in [5.41, 5.74) is 3.04. The number of nitrogens with zero attached hydrogens (tertiary/aromatic N) is 1. The molecule has 2 N–H and O–H groups in total. The molecule has 0 aliphatic heterocycles. The van der Waals surface area contributed by atoms with Crippen molar-refractivity contribution in [2.45, 2.75) is 6.10 Å². The van der Waals surface area contributed by atoms with Crippen molar-refractivity contribution in [3.8, 4) is 0 Å². The number of benzene rings is 2. The zero-order valence-electron chi connectivity index (χ0n) is 11.7. The van der Waals surface area contributed by atoms with Crippen molar-refractivity contribution in [3.05, 3.63) is 58.6 Å². The number of hydrogen-bond donors (Lipinski definition) is 2. The van der Waals surface area contributed by atoms with Crippen molar-refractivity contribution in [2.24, 2.45) is 0 Å². The van der Waals surface area contributed by atoms with E-state index in [0.717, 1.165) is 21.4 Å². The Labute approximate surface area is 128 Å². The molecule has 3 nitrogen and oxygen atoms in total. The molecule has 0 heterocycles. The van der Waals surface area contributed by atoms with E-state index < -0.39 is 6.10 Å². The van der Waals surface area contributed by atoms with Crippen LogP contribution in [0.3, 0.4) is 0 Å². The van der Waals surface area contributed by atoms with Crippen LogP contribution in [0.4, 0.5) is 11.4 Å². The van der Waals surface area contributed by atoms with Crippen molar-refractivity contribution < 1.29 is 5.11 Å². The smallest absolute Gasteiger partial charge is 0.0962 e. The maximum Gasteiger partial charge on any atom is 0.0962 e. The van der Waals surface area contributed by atoms with Crippen LogP contribution in [0.1, 0.15) is 11.7 Å². The van der Waals surface area contributed by atoms with Gasteiger partial charge < -0.3 is 15.3 Å². The van der Waals surface area contributed by atoms with Crippen LogP contribution in [0.25, 0.3) is 0 Å². The summed E-state index contributed by atoms with van der Waals surface area (Å²) in [5, 5.41) is 13.5. The summed E-state index contributed by atoms with van der Waals surface area (Å²) in [6.45, 7) is 0.479. The van der Waals surface area contributed by atoms with Gasteiger partial charge in [0, 0.05) is 36.5 Å². The molecule has 106 valence electrons. The normalized spacial score (nSPS) is 12.0. The largest absolute Gasteiger partial charge is 0.387 e. The Balaban J connectivity index is 1.99. The SMILES string of the molecule is CN(C)c1cccc(NCC(O)c2cccc(Br)c2)c1. The number of nitrogens with one attached hydrogen (secondary N) is 1. The van der Waals surface area contributed by atoms with E-state index in [-0.39, 0.29) is 0 Å². The molecule has 0 bridgehead atoms. The number of hydrogen-bond acceptors (Lipinski definition) is 3. The molecular formula is C16H19BrN2O. The molecule has 0 radical (unpaired) electrons. The maximum absolute atomic E-state index is 10.2. The monoisotopic (exact) mass is 334 g/mol. The highest BCUT2D eigenvalue weighted by molar-refractivity contribution is 9.10. The van der Waals surface area contributed by atoms with Crippen molar-refractivity contribution in [2.75, 3.05) is 30.9 Å². The van der Waals surface area contributed by atoms with Crippen LogP contribution in [0.5, 0.6) is 0 Å². The Kier molecular flexibility index (Phi) is 5.04. The lowest BCUT2D eigenvalue weighted by atomic mass is 10.1. The van der Waals surface area contributed by atoms with Crippen LogP contribution in [-0.2, 0) is 0 Å². The van der Waals surface area contributed by atoms with Crippen molar-refractivity contribution in [1.82, 2.24) is 0 Å². The molecule has 1 atom stereocenters. The zero-order chi connectivity index (χ0) is 14.5. The van der Waals surface area contributed by atoms with Gasteiger partial charge >= 0.3 is 0 Å². The molecule has 0 spiro atoms. The number of halogens is 1. The molecule has 0 saturated heterocycles. The molecule has 0 aromatic heterocycles. The third-order valence-electron chi connectivity index (χ3n) is 3.10. The van der Waals surface area contributed by atoms with E-state index in [1.165, 1.54) is 0 Å². The molecule has 0 aliphatic carbocycles. The first-order valence-corrected chi connectivity index (χ1v) is 7.30. The highest BCUT2D eigenvalue weighted by Gasteiger charge is 2.07. The minimum Gasteiger partial charge on any atom is -0.387 e. The van der Waals surface area contributed by atoms with Gasteiger partial charge in [-0.1, -0.05) is 34.1 Å². The number of anilines is 2. The molecule has 0 aliphatic rings. The van der Waals surface area contributed by atoms with Crippen molar-refractivity contribution in [1.29, 1.82) is 0 Å². The summed E-state index contributed by atoms with van der Waals surface area (Å²) < 4.78 is 0.976. The predicted molar refractivity (Wildman–Crippen MR) is 88.4 cm³/mol. The third kappa shape index (κ3) is 3.99. The number of aliphatic hydroxyl groups excluding tert-OH is 1. The summed E-state index contributed by atoms with van der Waals surface area (Å²) >= 11 is 3.41. The van der Waals surface area contributed by atoms with Crippen LogP contribution in [0, 0.1) is 0 Å². The minimum atomic E-state index is -0.532. The second-order valence-electron chi connectivity index (χ2n) is 4.90. The lowest BCUT2D eigenvalue weighted by Crippen LogP contribution is -2.13. The van der Waals surface area contributed by atoms with Gasteiger partial charge in [-0.15, -0.1) is 0 Å². The topological polar surface area (TPSA) is 35.5 Å². The Morgan fingerprint density at radius 1 is 1.15 bits per heavy atom. The molecule has 0 amide bonds. The van der Waals surface area contributed by atoms with E-state index in [1.807, 2.05) is 50.5 Å². The van der Waals surface area contributed by atoms with Gasteiger partial charge in [0.15, 0.2) is 0 Å². The van der Waals surface area contributed by atoms with E-state index in [0.29, 0.717) is 6.54 Å². The zero-order valence-corrected chi connectivity index (χ0v) is 13.3. The van der Waals surface area contributed by atoms with Crippen molar-refractivity contribution >= 4 is 27.3 Å². The fourth-order valence-electron chi connectivity index (χ4n) is 1.94. The van der Waals surface area contributed by atoms with Gasteiger partial charge in [-0.05, 0) is 35.9 Å².